The fourth-order valence-corrected chi connectivity index (χ4v) is 1.96. The number of benzene rings is 1. The van der Waals surface area contributed by atoms with Crippen molar-refractivity contribution < 1.29 is 4.39 Å². The summed E-state index contributed by atoms with van der Waals surface area (Å²) in [5.41, 5.74) is 1.73. The summed E-state index contributed by atoms with van der Waals surface area (Å²) in [6.45, 7) is 0. The van der Waals surface area contributed by atoms with Crippen molar-refractivity contribution in [2.24, 2.45) is 0 Å². The van der Waals surface area contributed by atoms with Gasteiger partial charge in [-0.2, -0.15) is 0 Å². The van der Waals surface area contributed by atoms with E-state index in [1.54, 1.807) is 12.3 Å². The zero-order valence-electron chi connectivity index (χ0n) is 9.32. The van der Waals surface area contributed by atoms with Gasteiger partial charge in [-0.1, -0.05) is 12.1 Å². The number of rotatable bonds is 3. The molecule has 17 heavy (non-hydrogen) atoms. The van der Waals surface area contributed by atoms with Gasteiger partial charge in [0, 0.05) is 10.7 Å². The maximum Gasteiger partial charge on any atom is 0.123 e. The van der Waals surface area contributed by atoms with Crippen LogP contribution in [0, 0.1) is 5.82 Å². The van der Waals surface area contributed by atoms with Crippen molar-refractivity contribution in [3.05, 3.63) is 64.1 Å². The van der Waals surface area contributed by atoms with Crippen molar-refractivity contribution in [1.82, 2.24) is 10.3 Å². The van der Waals surface area contributed by atoms with Crippen LogP contribution in [0.4, 0.5) is 4.39 Å². The Morgan fingerprint density at radius 3 is 2.71 bits per heavy atom. The number of nitrogens with zero attached hydrogens (tertiary/aromatic N) is 1. The SMILES string of the molecule is CNC(c1cccc(F)c1)c1ccc(Br)cn1. The Hall–Kier alpha value is -1.26. The molecule has 1 aromatic heterocycles. The molecule has 2 rings (SSSR count). The number of aromatic nitrogens is 1. The van der Waals surface area contributed by atoms with Crippen LogP contribution in [0.15, 0.2) is 47.1 Å². The summed E-state index contributed by atoms with van der Waals surface area (Å²) in [7, 11) is 1.83. The van der Waals surface area contributed by atoms with E-state index in [0.717, 1.165) is 15.7 Å². The van der Waals surface area contributed by atoms with Crippen molar-refractivity contribution in [2.75, 3.05) is 7.05 Å². The molecule has 0 aliphatic heterocycles. The molecule has 0 saturated heterocycles. The molecule has 1 N–H and O–H groups in total. The summed E-state index contributed by atoms with van der Waals surface area (Å²) >= 11 is 3.34. The molecule has 0 amide bonds. The van der Waals surface area contributed by atoms with Crippen molar-refractivity contribution in [3.63, 3.8) is 0 Å². The van der Waals surface area contributed by atoms with Crippen LogP contribution in [0.25, 0.3) is 0 Å². The number of pyridine rings is 1. The Balaban J connectivity index is 2.36. The highest BCUT2D eigenvalue weighted by Gasteiger charge is 2.13. The largest absolute Gasteiger partial charge is 0.308 e. The van der Waals surface area contributed by atoms with Gasteiger partial charge in [0.05, 0.1) is 11.7 Å². The minimum absolute atomic E-state index is 0.0983. The lowest BCUT2D eigenvalue weighted by molar-refractivity contribution is 0.614. The van der Waals surface area contributed by atoms with Crippen LogP contribution in [0.3, 0.4) is 0 Å². The van der Waals surface area contributed by atoms with Crippen molar-refractivity contribution in [1.29, 1.82) is 0 Å². The van der Waals surface area contributed by atoms with E-state index in [-0.39, 0.29) is 11.9 Å². The molecule has 1 unspecified atom stereocenters. The summed E-state index contributed by atoms with van der Waals surface area (Å²) in [5.74, 6) is -0.236. The molecule has 0 radical (unpaired) electrons. The summed E-state index contributed by atoms with van der Waals surface area (Å²) < 4.78 is 14.1. The van der Waals surface area contributed by atoms with E-state index in [0.29, 0.717) is 0 Å². The third-order valence-electron chi connectivity index (χ3n) is 2.52. The molecule has 0 saturated carbocycles. The number of hydrogen-bond acceptors (Lipinski definition) is 2. The predicted molar refractivity (Wildman–Crippen MR) is 69.2 cm³/mol. The fourth-order valence-electron chi connectivity index (χ4n) is 1.73. The van der Waals surface area contributed by atoms with Gasteiger partial charge in [0.2, 0.25) is 0 Å². The van der Waals surface area contributed by atoms with Crippen LogP contribution >= 0.6 is 15.9 Å². The van der Waals surface area contributed by atoms with E-state index >= 15 is 0 Å². The first-order valence-corrected chi connectivity index (χ1v) is 6.04. The monoisotopic (exact) mass is 294 g/mol. The smallest absolute Gasteiger partial charge is 0.123 e. The van der Waals surface area contributed by atoms with Gasteiger partial charge in [0.25, 0.3) is 0 Å². The van der Waals surface area contributed by atoms with Crippen LogP contribution in [0.1, 0.15) is 17.3 Å². The van der Waals surface area contributed by atoms with Gasteiger partial charge in [-0.3, -0.25) is 4.98 Å². The molecule has 0 aliphatic carbocycles. The summed E-state index contributed by atoms with van der Waals surface area (Å²) in [4.78, 5) is 4.32. The minimum Gasteiger partial charge on any atom is -0.308 e. The molecule has 1 aromatic carbocycles. The molecular formula is C13H12BrFN2. The topological polar surface area (TPSA) is 24.9 Å². The lowest BCUT2D eigenvalue weighted by Crippen LogP contribution is -2.18. The Morgan fingerprint density at radius 1 is 1.29 bits per heavy atom. The van der Waals surface area contributed by atoms with Crippen LogP contribution in [-0.4, -0.2) is 12.0 Å². The van der Waals surface area contributed by atoms with E-state index < -0.39 is 0 Å². The molecule has 0 aliphatic rings. The third-order valence-corrected chi connectivity index (χ3v) is 2.99. The van der Waals surface area contributed by atoms with Gasteiger partial charge in [0.1, 0.15) is 5.82 Å². The fraction of sp³-hybridized carbons (Fsp3) is 0.154. The van der Waals surface area contributed by atoms with Crippen molar-refractivity contribution in [2.45, 2.75) is 6.04 Å². The number of hydrogen-bond donors (Lipinski definition) is 1. The summed E-state index contributed by atoms with van der Waals surface area (Å²) in [5, 5.41) is 3.14. The molecule has 1 heterocycles. The Labute approximate surface area is 108 Å². The summed E-state index contributed by atoms with van der Waals surface area (Å²) in [6, 6.07) is 10.3. The van der Waals surface area contributed by atoms with E-state index in [1.165, 1.54) is 12.1 Å². The molecule has 1 atom stereocenters. The van der Waals surface area contributed by atoms with Crippen LogP contribution in [-0.2, 0) is 0 Å². The van der Waals surface area contributed by atoms with E-state index in [2.05, 4.69) is 26.2 Å². The van der Waals surface area contributed by atoms with Gasteiger partial charge in [0.15, 0.2) is 0 Å². The normalized spacial score (nSPS) is 12.4. The second-order valence-electron chi connectivity index (χ2n) is 3.68. The first kappa shape index (κ1) is 12.2. The second-order valence-corrected chi connectivity index (χ2v) is 4.59. The Morgan fingerprint density at radius 2 is 2.12 bits per heavy atom. The highest BCUT2D eigenvalue weighted by atomic mass is 79.9. The van der Waals surface area contributed by atoms with E-state index in [1.807, 2.05) is 25.2 Å². The number of halogens is 2. The van der Waals surface area contributed by atoms with Gasteiger partial charge >= 0.3 is 0 Å². The molecule has 88 valence electrons. The highest BCUT2D eigenvalue weighted by molar-refractivity contribution is 9.10. The lowest BCUT2D eigenvalue weighted by Gasteiger charge is -2.16. The molecule has 0 spiro atoms. The molecule has 0 bridgehead atoms. The molecule has 2 aromatic rings. The quantitative estimate of drug-likeness (QED) is 0.940. The average Bonchev–Trinajstić information content (AvgIpc) is 2.33. The van der Waals surface area contributed by atoms with Gasteiger partial charge < -0.3 is 5.32 Å². The number of nitrogens with one attached hydrogen (secondary N) is 1. The standard InChI is InChI=1S/C13H12BrFN2/c1-16-13(9-3-2-4-11(15)7-9)12-6-5-10(14)8-17-12/h2-8,13,16H,1H3. The first-order chi connectivity index (χ1) is 8.20. The van der Waals surface area contributed by atoms with Crippen LogP contribution in [0.5, 0.6) is 0 Å². The maximum atomic E-state index is 13.2. The van der Waals surface area contributed by atoms with Crippen LogP contribution in [0.2, 0.25) is 0 Å². The molecule has 4 heteroatoms. The van der Waals surface area contributed by atoms with E-state index in [9.17, 15) is 4.39 Å². The predicted octanol–water partition coefficient (Wildman–Crippen LogP) is 3.29. The summed E-state index contributed by atoms with van der Waals surface area (Å²) in [6.07, 6.45) is 1.74. The lowest BCUT2D eigenvalue weighted by atomic mass is 10.0. The van der Waals surface area contributed by atoms with Crippen molar-refractivity contribution >= 4 is 15.9 Å². The van der Waals surface area contributed by atoms with Crippen LogP contribution < -0.4 is 5.32 Å². The molecular weight excluding hydrogens is 283 g/mol. The third kappa shape index (κ3) is 2.90. The van der Waals surface area contributed by atoms with Gasteiger partial charge in [-0.25, -0.2) is 4.39 Å². The van der Waals surface area contributed by atoms with E-state index in [4.69, 9.17) is 0 Å². The second kappa shape index (κ2) is 5.38. The minimum atomic E-state index is -0.236. The first-order valence-electron chi connectivity index (χ1n) is 5.25. The highest BCUT2D eigenvalue weighted by Crippen LogP contribution is 2.21. The average molecular weight is 295 g/mol. The van der Waals surface area contributed by atoms with Gasteiger partial charge in [-0.05, 0) is 52.8 Å². The molecule has 2 nitrogen and oxygen atoms in total. The molecule has 0 fully saturated rings. The Kier molecular flexibility index (Phi) is 3.86. The maximum absolute atomic E-state index is 13.2. The Bertz CT molecular complexity index is 499. The van der Waals surface area contributed by atoms with Crippen molar-refractivity contribution in [3.8, 4) is 0 Å². The zero-order valence-corrected chi connectivity index (χ0v) is 10.9. The van der Waals surface area contributed by atoms with Gasteiger partial charge in [-0.15, -0.1) is 0 Å². The zero-order chi connectivity index (χ0) is 12.3.